The number of halogens is 1. The van der Waals surface area contributed by atoms with Gasteiger partial charge in [-0.05, 0) is 15.9 Å². The Balaban J connectivity index is 2.30. The summed E-state index contributed by atoms with van der Waals surface area (Å²) in [5, 5.41) is 12.1. The average Bonchev–Trinajstić information content (AvgIpc) is 2.35. The van der Waals surface area contributed by atoms with Gasteiger partial charge in [0, 0.05) is 12.8 Å². The van der Waals surface area contributed by atoms with E-state index in [9.17, 15) is 4.79 Å². The third-order valence-electron chi connectivity index (χ3n) is 1.53. The first-order valence-corrected chi connectivity index (χ1v) is 4.25. The van der Waals surface area contributed by atoms with Crippen molar-refractivity contribution < 1.29 is 14.7 Å². The summed E-state index contributed by atoms with van der Waals surface area (Å²) in [6, 6.07) is -0.872. The molecular formula is C6H9BrN2O3. The second kappa shape index (κ2) is 3.86. The molecule has 0 aromatic rings. The third kappa shape index (κ3) is 2.46. The summed E-state index contributed by atoms with van der Waals surface area (Å²) < 4.78 is 0.699. The standard InChI is InChI=1S/C6H9BrN2O3/c7-5-2-3(12-9-5)1-4(8)6(10)11/h3-4H,1-2,8H2,(H,10,11)/t3-,4+/m0/s1. The van der Waals surface area contributed by atoms with Crippen LogP contribution in [0.4, 0.5) is 0 Å². The summed E-state index contributed by atoms with van der Waals surface area (Å²) in [6.07, 6.45) is 0.681. The van der Waals surface area contributed by atoms with E-state index >= 15 is 0 Å². The second-order valence-corrected chi connectivity index (χ2v) is 3.49. The van der Waals surface area contributed by atoms with Gasteiger partial charge in [-0.2, -0.15) is 0 Å². The van der Waals surface area contributed by atoms with Crippen LogP contribution in [0.15, 0.2) is 5.16 Å². The Morgan fingerprint density at radius 1 is 2.00 bits per heavy atom. The number of hydrogen-bond donors (Lipinski definition) is 2. The molecule has 0 spiro atoms. The molecule has 1 aliphatic rings. The molecule has 1 heterocycles. The van der Waals surface area contributed by atoms with Crippen molar-refractivity contribution in [2.75, 3.05) is 0 Å². The van der Waals surface area contributed by atoms with Crippen LogP contribution in [0.1, 0.15) is 12.8 Å². The van der Waals surface area contributed by atoms with Gasteiger partial charge in [-0.15, -0.1) is 0 Å². The Labute approximate surface area is 77.7 Å². The summed E-state index contributed by atoms with van der Waals surface area (Å²) >= 11 is 3.14. The van der Waals surface area contributed by atoms with Crippen LogP contribution >= 0.6 is 15.9 Å². The minimum atomic E-state index is -1.01. The number of carbonyl (C=O) groups is 1. The van der Waals surface area contributed by atoms with Crippen LogP contribution in [0.3, 0.4) is 0 Å². The van der Waals surface area contributed by atoms with Gasteiger partial charge in [0.1, 0.15) is 16.8 Å². The lowest BCUT2D eigenvalue weighted by atomic mass is 10.1. The van der Waals surface area contributed by atoms with Crippen LogP contribution in [0.5, 0.6) is 0 Å². The van der Waals surface area contributed by atoms with E-state index in [-0.39, 0.29) is 12.5 Å². The predicted octanol–water partition coefficient (Wildman–Crippen LogP) is 0.286. The van der Waals surface area contributed by atoms with Crippen LogP contribution in [-0.4, -0.2) is 27.8 Å². The van der Waals surface area contributed by atoms with E-state index in [1.807, 2.05) is 0 Å². The van der Waals surface area contributed by atoms with E-state index in [1.165, 1.54) is 0 Å². The maximum absolute atomic E-state index is 10.3. The summed E-state index contributed by atoms with van der Waals surface area (Å²) in [4.78, 5) is 15.2. The Hall–Kier alpha value is -0.620. The predicted molar refractivity (Wildman–Crippen MR) is 46.1 cm³/mol. The van der Waals surface area contributed by atoms with Gasteiger partial charge in [0.15, 0.2) is 0 Å². The summed E-state index contributed by atoms with van der Waals surface area (Å²) in [5.74, 6) is -1.01. The number of oxime groups is 1. The molecule has 0 saturated heterocycles. The molecule has 6 heteroatoms. The van der Waals surface area contributed by atoms with Crippen LogP contribution in [0, 0.1) is 0 Å². The zero-order valence-electron chi connectivity index (χ0n) is 6.24. The van der Waals surface area contributed by atoms with E-state index in [4.69, 9.17) is 15.7 Å². The van der Waals surface area contributed by atoms with Crippen molar-refractivity contribution in [3.05, 3.63) is 0 Å². The molecule has 3 N–H and O–H groups in total. The van der Waals surface area contributed by atoms with Gasteiger partial charge in [-0.1, -0.05) is 5.16 Å². The SMILES string of the molecule is N[C@H](C[C@H]1CC(Br)=NO1)C(=O)O. The highest BCUT2D eigenvalue weighted by Crippen LogP contribution is 2.17. The van der Waals surface area contributed by atoms with Crippen LogP contribution in [0.2, 0.25) is 0 Å². The van der Waals surface area contributed by atoms with Gasteiger partial charge in [-0.25, -0.2) is 0 Å². The lowest BCUT2D eigenvalue weighted by Crippen LogP contribution is -2.33. The highest BCUT2D eigenvalue weighted by atomic mass is 79.9. The van der Waals surface area contributed by atoms with Crippen LogP contribution in [-0.2, 0) is 9.63 Å². The molecular weight excluding hydrogens is 228 g/mol. The first kappa shape index (κ1) is 9.47. The molecule has 2 atom stereocenters. The Morgan fingerprint density at radius 2 is 2.67 bits per heavy atom. The molecule has 1 aliphatic heterocycles. The van der Waals surface area contributed by atoms with E-state index in [0.29, 0.717) is 11.0 Å². The Morgan fingerprint density at radius 3 is 3.08 bits per heavy atom. The van der Waals surface area contributed by atoms with Gasteiger partial charge < -0.3 is 15.7 Å². The molecule has 68 valence electrons. The first-order chi connectivity index (χ1) is 5.59. The molecule has 0 saturated carbocycles. The summed E-state index contributed by atoms with van der Waals surface area (Å²) in [6.45, 7) is 0. The number of hydrogen-bond acceptors (Lipinski definition) is 4. The third-order valence-corrected chi connectivity index (χ3v) is 2.00. The Bertz CT molecular complexity index is 219. The van der Waals surface area contributed by atoms with Gasteiger partial charge in [-0.3, -0.25) is 4.79 Å². The fourth-order valence-corrected chi connectivity index (χ4v) is 1.35. The zero-order chi connectivity index (χ0) is 9.14. The molecule has 0 aromatic carbocycles. The number of aliphatic carboxylic acids is 1. The smallest absolute Gasteiger partial charge is 0.320 e. The maximum atomic E-state index is 10.3. The highest BCUT2D eigenvalue weighted by molar-refractivity contribution is 9.18. The number of rotatable bonds is 3. The summed E-state index contributed by atoms with van der Waals surface area (Å²) in [5.41, 5.74) is 5.30. The largest absolute Gasteiger partial charge is 0.480 e. The van der Waals surface area contributed by atoms with Gasteiger partial charge >= 0.3 is 5.97 Å². The lowest BCUT2D eigenvalue weighted by Gasteiger charge is -2.10. The number of nitrogens with zero attached hydrogens (tertiary/aromatic N) is 1. The van der Waals surface area contributed by atoms with Crippen molar-refractivity contribution in [2.24, 2.45) is 10.9 Å². The minimum Gasteiger partial charge on any atom is -0.480 e. The minimum absolute atomic E-state index is 0.203. The van der Waals surface area contributed by atoms with E-state index in [0.717, 1.165) is 0 Å². The molecule has 0 aromatic heterocycles. The quantitative estimate of drug-likeness (QED) is 0.738. The van der Waals surface area contributed by atoms with Crippen LogP contribution in [0.25, 0.3) is 0 Å². The second-order valence-electron chi connectivity index (χ2n) is 2.58. The first-order valence-electron chi connectivity index (χ1n) is 3.46. The fourth-order valence-electron chi connectivity index (χ4n) is 0.905. The summed E-state index contributed by atoms with van der Waals surface area (Å²) in [7, 11) is 0. The molecule has 5 nitrogen and oxygen atoms in total. The van der Waals surface area contributed by atoms with E-state index < -0.39 is 12.0 Å². The highest BCUT2D eigenvalue weighted by Gasteiger charge is 2.24. The molecule has 0 radical (unpaired) electrons. The lowest BCUT2D eigenvalue weighted by molar-refractivity contribution is -0.139. The number of nitrogens with two attached hydrogens (primary N) is 1. The van der Waals surface area contributed by atoms with E-state index in [2.05, 4.69) is 21.1 Å². The molecule has 0 amide bonds. The van der Waals surface area contributed by atoms with Crippen molar-refractivity contribution >= 4 is 26.5 Å². The van der Waals surface area contributed by atoms with Gasteiger partial charge in [0.05, 0.1) is 0 Å². The molecule has 1 rings (SSSR count). The van der Waals surface area contributed by atoms with Crippen molar-refractivity contribution in [1.82, 2.24) is 0 Å². The van der Waals surface area contributed by atoms with Crippen molar-refractivity contribution in [3.8, 4) is 0 Å². The molecule has 12 heavy (non-hydrogen) atoms. The average molecular weight is 237 g/mol. The molecule has 0 fully saturated rings. The topological polar surface area (TPSA) is 84.9 Å². The molecule has 0 unspecified atom stereocenters. The maximum Gasteiger partial charge on any atom is 0.320 e. The molecule has 0 bridgehead atoms. The fraction of sp³-hybridized carbons (Fsp3) is 0.667. The zero-order valence-corrected chi connectivity index (χ0v) is 7.82. The Kier molecular flexibility index (Phi) is 3.05. The number of carboxylic acid groups (broad SMARTS) is 1. The monoisotopic (exact) mass is 236 g/mol. The van der Waals surface area contributed by atoms with Gasteiger partial charge in [0.25, 0.3) is 0 Å². The number of carboxylic acids is 1. The van der Waals surface area contributed by atoms with Crippen molar-refractivity contribution in [2.45, 2.75) is 25.0 Å². The normalized spacial score (nSPS) is 24.5. The molecule has 0 aliphatic carbocycles. The van der Waals surface area contributed by atoms with Crippen molar-refractivity contribution in [1.29, 1.82) is 0 Å². The van der Waals surface area contributed by atoms with Crippen molar-refractivity contribution in [3.63, 3.8) is 0 Å². The van der Waals surface area contributed by atoms with E-state index in [1.54, 1.807) is 0 Å². The van der Waals surface area contributed by atoms with Gasteiger partial charge in [0.2, 0.25) is 0 Å². The van der Waals surface area contributed by atoms with Crippen LogP contribution < -0.4 is 5.73 Å².